The van der Waals surface area contributed by atoms with Crippen molar-refractivity contribution in [2.75, 3.05) is 0 Å². The molecule has 9 heterocycles. The van der Waals surface area contributed by atoms with Crippen molar-refractivity contribution in [3.05, 3.63) is 143 Å². The van der Waals surface area contributed by atoms with Gasteiger partial charge in [-0.1, -0.05) is 111 Å². The number of hydrogen-bond acceptors (Lipinski definition) is 4. The van der Waals surface area contributed by atoms with E-state index in [1.807, 2.05) is 0 Å². The number of nitrogens with zero attached hydrogens (tertiary/aromatic N) is 4. The predicted octanol–water partition coefficient (Wildman–Crippen LogP) is 12.0. The average molecular weight is 1020 g/mol. The quantitative estimate of drug-likeness (QED) is 0.0857. The van der Waals surface area contributed by atoms with E-state index in [0.29, 0.717) is 0 Å². The highest BCUT2D eigenvalue weighted by atomic mass is 14.9. The zero-order valence-electron chi connectivity index (χ0n) is 49.4. The van der Waals surface area contributed by atoms with E-state index < -0.39 is 0 Å². The maximum atomic E-state index is 5.70. The Hall–Kier alpha value is -6.28. The zero-order chi connectivity index (χ0) is 54.3. The van der Waals surface area contributed by atoms with Gasteiger partial charge in [0.2, 0.25) is 0 Å². The second-order valence-electron chi connectivity index (χ2n) is 20.9. The van der Waals surface area contributed by atoms with E-state index in [1.165, 1.54) is 110 Å². The Balaban J connectivity index is 1.49. The molecular weight excluding hydrogens is 929 g/mol. The summed E-state index contributed by atoms with van der Waals surface area (Å²) in [7, 11) is 0. The largest absolute Gasteiger partial charge is 0.353 e. The van der Waals surface area contributed by atoms with E-state index in [9.17, 15) is 0 Å². The Morgan fingerprint density at radius 2 is 0.421 bits per heavy atom. The molecule has 16 bridgehead atoms. The van der Waals surface area contributed by atoms with Crippen LogP contribution in [0, 0.1) is 10.7 Å². The highest BCUT2D eigenvalue weighted by molar-refractivity contribution is 6.27. The van der Waals surface area contributed by atoms with Crippen LogP contribution in [0.4, 0.5) is 0 Å². The van der Waals surface area contributed by atoms with Crippen LogP contribution in [0.15, 0.2) is 75.9 Å². The Bertz CT molecular complexity index is 3600. The molecule has 76 heavy (non-hydrogen) atoms. The molecule has 0 spiro atoms. The summed E-state index contributed by atoms with van der Waals surface area (Å²) in [5.74, 6) is 0. The van der Waals surface area contributed by atoms with Crippen LogP contribution in [0.25, 0.3) is 35.7 Å². The molecule has 4 aromatic heterocycles. The molecule has 0 aromatic carbocycles. The van der Waals surface area contributed by atoms with Gasteiger partial charge in [-0.3, -0.25) is 0 Å². The Morgan fingerprint density at radius 1 is 0.224 bits per heavy atom. The van der Waals surface area contributed by atoms with Gasteiger partial charge in [-0.15, -0.1) is 0 Å². The highest BCUT2D eigenvalue weighted by Gasteiger charge is 2.31. The third-order valence-corrected chi connectivity index (χ3v) is 17.5. The van der Waals surface area contributed by atoms with E-state index in [1.54, 1.807) is 0 Å². The van der Waals surface area contributed by atoms with Crippen molar-refractivity contribution in [2.24, 2.45) is 20.0 Å². The van der Waals surface area contributed by atoms with E-state index in [-0.39, 0.29) is 0 Å². The van der Waals surface area contributed by atoms with Crippen molar-refractivity contribution < 1.29 is 0 Å². The highest BCUT2D eigenvalue weighted by Crippen LogP contribution is 2.41. The Labute approximate surface area is 453 Å². The normalized spacial score (nSPS) is 16.6. The molecule has 0 saturated heterocycles. The fraction of sp³-hybridized carbons (Fsp3) is 0.471. The van der Waals surface area contributed by atoms with Gasteiger partial charge in [0.05, 0.1) is 67.0 Å². The lowest BCUT2D eigenvalue weighted by Crippen LogP contribution is -2.17. The molecular formula is C68H88N8. The van der Waals surface area contributed by atoms with Crippen LogP contribution in [0.2, 0.25) is 0 Å². The second-order valence-corrected chi connectivity index (χ2v) is 20.9. The van der Waals surface area contributed by atoms with Crippen molar-refractivity contribution in [1.29, 1.82) is 0 Å². The summed E-state index contributed by atoms with van der Waals surface area (Å²) in [6, 6.07) is 0. The maximum absolute atomic E-state index is 5.70. The summed E-state index contributed by atoms with van der Waals surface area (Å²) in [5, 5.41) is 9.35. The molecule has 0 unspecified atom stereocenters. The van der Waals surface area contributed by atoms with Gasteiger partial charge in [0.25, 0.3) is 0 Å². The fourth-order valence-corrected chi connectivity index (χ4v) is 14.0. The van der Waals surface area contributed by atoms with Crippen LogP contribution >= 0.6 is 0 Å². The SMILES string of the molecule is CCC1=C(CC)C2=C3N=C(C=c4[nH]c(c(CC)c4CC)=C4N=C(C=c5[nH]c(c(CC)c5CC)=c5[nH]c(c(CC)c5CC)=CC5=NC(=c6[nH]c(c(CC)c6CC)=CC1=N2)C(CC)=C5CC)C(CC)=C4CC)C(CC)=C3CC. The number of rotatable bonds is 16. The van der Waals surface area contributed by atoms with Crippen molar-refractivity contribution in [3.8, 4) is 0 Å². The molecule has 5 aliphatic heterocycles. The van der Waals surface area contributed by atoms with Gasteiger partial charge in [-0.25, -0.2) is 20.0 Å². The minimum atomic E-state index is 0.890. The first-order valence-corrected chi connectivity index (χ1v) is 30.1. The Kier molecular flexibility index (Phi) is 16.3. The summed E-state index contributed by atoms with van der Waals surface area (Å²) >= 11 is 0. The molecule has 8 heteroatoms. The first kappa shape index (κ1) is 54.5. The van der Waals surface area contributed by atoms with Crippen LogP contribution in [-0.2, 0) is 51.4 Å². The lowest BCUT2D eigenvalue weighted by Gasteiger charge is -2.09. The number of aromatic nitrogens is 4. The van der Waals surface area contributed by atoms with Crippen molar-refractivity contribution in [1.82, 2.24) is 19.9 Å². The maximum Gasteiger partial charge on any atom is 0.0932 e. The zero-order valence-corrected chi connectivity index (χ0v) is 49.4. The molecule has 9 rings (SSSR count). The molecule has 8 nitrogen and oxygen atoms in total. The van der Waals surface area contributed by atoms with Gasteiger partial charge in [0, 0.05) is 21.4 Å². The summed E-state index contributed by atoms with van der Waals surface area (Å²) < 4.78 is 0. The molecule has 0 fully saturated rings. The molecule has 400 valence electrons. The lowest BCUT2D eigenvalue weighted by molar-refractivity contribution is 1.01. The van der Waals surface area contributed by atoms with Crippen molar-refractivity contribution >= 4 is 58.5 Å². The van der Waals surface area contributed by atoms with E-state index in [2.05, 4.69) is 155 Å². The van der Waals surface area contributed by atoms with Gasteiger partial charge in [0.1, 0.15) is 0 Å². The van der Waals surface area contributed by atoms with Crippen LogP contribution in [-0.4, -0.2) is 42.8 Å². The molecule has 4 N–H and O–H groups in total. The third-order valence-electron chi connectivity index (χ3n) is 17.5. The van der Waals surface area contributed by atoms with Crippen LogP contribution in [0.3, 0.4) is 0 Å². The Morgan fingerprint density at radius 3 is 0.645 bits per heavy atom. The summed E-state index contributed by atoms with van der Waals surface area (Å²) in [6.45, 7) is 36.8. The molecule has 0 amide bonds. The number of allylic oxidation sites excluding steroid dienone is 6. The molecule has 0 atom stereocenters. The van der Waals surface area contributed by atoms with E-state index in [0.717, 1.165) is 170 Å². The van der Waals surface area contributed by atoms with Crippen LogP contribution in [0.5, 0.6) is 0 Å². The van der Waals surface area contributed by atoms with Crippen LogP contribution in [0.1, 0.15) is 207 Å². The molecule has 0 radical (unpaired) electrons. The molecule has 4 aromatic rings. The smallest absolute Gasteiger partial charge is 0.0932 e. The first-order valence-electron chi connectivity index (χ1n) is 30.1. The minimum Gasteiger partial charge on any atom is -0.353 e. The summed E-state index contributed by atoms with van der Waals surface area (Å²) in [5.41, 5.74) is 30.1. The van der Waals surface area contributed by atoms with Crippen molar-refractivity contribution in [2.45, 2.75) is 214 Å². The first-order chi connectivity index (χ1) is 37.0. The number of aromatic amines is 4. The van der Waals surface area contributed by atoms with Gasteiger partial charge in [-0.05, 0) is 216 Å². The number of hydrogen-bond donors (Lipinski definition) is 4. The van der Waals surface area contributed by atoms with Gasteiger partial charge in [-0.2, -0.15) is 0 Å². The molecule has 0 aliphatic carbocycles. The van der Waals surface area contributed by atoms with E-state index in [4.69, 9.17) is 20.0 Å². The van der Waals surface area contributed by atoms with Crippen molar-refractivity contribution in [3.63, 3.8) is 0 Å². The summed E-state index contributed by atoms with van der Waals surface area (Å²) in [4.78, 5) is 39.0. The molecule has 5 aliphatic rings. The predicted molar refractivity (Wildman–Crippen MR) is 325 cm³/mol. The van der Waals surface area contributed by atoms with Gasteiger partial charge < -0.3 is 19.9 Å². The van der Waals surface area contributed by atoms with E-state index >= 15 is 0 Å². The monoisotopic (exact) mass is 1020 g/mol. The second kappa shape index (κ2) is 22.7. The number of aliphatic imine (C=N–C) groups is 4. The topological polar surface area (TPSA) is 113 Å². The van der Waals surface area contributed by atoms with Gasteiger partial charge >= 0.3 is 0 Å². The number of nitrogens with one attached hydrogen (secondary N) is 4. The summed E-state index contributed by atoms with van der Waals surface area (Å²) in [6.07, 6.45) is 24.0. The lowest BCUT2D eigenvalue weighted by atomic mass is 9.95. The average Bonchev–Trinajstić information content (AvgIpc) is 4.40. The molecule has 0 saturated carbocycles. The van der Waals surface area contributed by atoms with Gasteiger partial charge in [0.15, 0.2) is 0 Å². The third kappa shape index (κ3) is 8.74. The van der Waals surface area contributed by atoms with Crippen LogP contribution < -0.4 is 32.1 Å². The minimum absolute atomic E-state index is 0.890. The number of fused-ring (bicyclic) bond motifs is 12. The standard InChI is InChI=1S/C68H88N8/c1-17-37-45(25-9)61-62-46(26-10)39(19-3)55(71-62)34-56-41(21-5)49(29-13)65(73-56)66-50(30-14)43(23-7)59(75-66)36-60-44(24-8)52(32-16)68(76-60)67-51(31-15)42(22-6)58(74-67)35-57-40(20-4)48(28-12)64(72-57)63-47(27-11)38(18-2)54(70-63)33-53(37)69-61/h33-36,69,71-72,75H,17-32H2,1-16H3. The fourth-order valence-electron chi connectivity index (χ4n) is 14.0. The number of H-pyrrole nitrogens is 4.